The molecule has 0 bridgehead atoms. The highest BCUT2D eigenvalue weighted by atomic mass is 32.2. The van der Waals surface area contributed by atoms with Crippen molar-refractivity contribution in [1.82, 2.24) is 10.2 Å². The van der Waals surface area contributed by atoms with E-state index in [1.807, 2.05) is 0 Å². The third-order valence-corrected chi connectivity index (χ3v) is 4.85. The molecule has 0 aliphatic carbocycles. The molecular weight excluding hydrogens is 376 g/mol. The lowest BCUT2D eigenvalue weighted by Gasteiger charge is -2.00. The SMILES string of the molecule is O=S(=O)(CC=CCc1ccc(F)cc1)c1nnc(Nc2ccc(F)cc2)o1. The topological polar surface area (TPSA) is 85.1 Å². The minimum Gasteiger partial charge on any atom is -0.394 e. The van der Waals surface area contributed by atoms with Gasteiger partial charge >= 0.3 is 11.2 Å². The minimum absolute atomic E-state index is 0.115. The van der Waals surface area contributed by atoms with Gasteiger partial charge in [-0.05, 0) is 48.4 Å². The summed E-state index contributed by atoms with van der Waals surface area (Å²) in [5.41, 5.74) is 1.33. The van der Waals surface area contributed by atoms with Crippen LogP contribution in [-0.4, -0.2) is 24.4 Å². The van der Waals surface area contributed by atoms with E-state index in [4.69, 9.17) is 4.42 Å². The van der Waals surface area contributed by atoms with E-state index in [1.54, 1.807) is 18.2 Å². The Hall–Kier alpha value is -3.07. The highest BCUT2D eigenvalue weighted by Gasteiger charge is 2.21. The zero-order chi connectivity index (χ0) is 19.3. The highest BCUT2D eigenvalue weighted by molar-refractivity contribution is 7.91. The first kappa shape index (κ1) is 18.7. The number of hydrogen-bond acceptors (Lipinski definition) is 6. The van der Waals surface area contributed by atoms with E-state index in [1.165, 1.54) is 42.5 Å². The maximum Gasteiger partial charge on any atom is 0.337 e. The van der Waals surface area contributed by atoms with Crippen molar-refractivity contribution in [3.63, 3.8) is 0 Å². The summed E-state index contributed by atoms with van der Waals surface area (Å²) in [7, 11) is -3.79. The molecule has 0 aliphatic heterocycles. The summed E-state index contributed by atoms with van der Waals surface area (Å²) in [4.78, 5) is 0. The summed E-state index contributed by atoms with van der Waals surface area (Å²) in [6, 6.07) is 11.2. The molecule has 0 amide bonds. The number of anilines is 2. The van der Waals surface area contributed by atoms with Crippen LogP contribution in [0.15, 0.2) is 70.3 Å². The third-order valence-electron chi connectivity index (χ3n) is 3.52. The van der Waals surface area contributed by atoms with Gasteiger partial charge in [0, 0.05) is 5.69 Å². The van der Waals surface area contributed by atoms with Crippen molar-refractivity contribution >= 4 is 21.5 Å². The van der Waals surface area contributed by atoms with Crippen molar-refractivity contribution < 1.29 is 21.6 Å². The second-order valence-electron chi connectivity index (χ2n) is 5.59. The number of hydrogen-bond donors (Lipinski definition) is 1. The number of aromatic nitrogens is 2. The van der Waals surface area contributed by atoms with Gasteiger partial charge in [0.05, 0.1) is 5.75 Å². The minimum atomic E-state index is -3.79. The molecule has 0 fully saturated rings. The van der Waals surface area contributed by atoms with Gasteiger partial charge in [-0.25, -0.2) is 17.2 Å². The van der Waals surface area contributed by atoms with Gasteiger partial charge in [0.1, 0.15) is 11.6 Å². The molecule has 1 aromatic heterocycles. The number of allylic oxidation sites excluding steroid dienone is 1. The first-order valence-corrected chi connectivity index (χ1v) is 9.56. The van der Waals surface area contributed by atoms with E-state index in [0.717, 1.165) is 5.56 Å². The van der Waals surface area contributed by atoms with Crippen LogP contribution in [-0.2, 0) is 16.3 Å². The lowest BCUT2D eigenvalue weighted by Crippen LogP contribution is -2.05. The number of nitrogens with zero attached hydrogens (tertiary/aromatic N) is 2. The van der Waals surface area contributed by atoms with Crippen LogP contribution in [0.2, 0.25) is 0 Å². The quantitative estimate of drug-likeness (QED) is 0.619. The van der Waals surface area contributed by atoms with E-state index in [9.17, 15) is 17.2 Å². The Balaban J connectivity index is 1.59. The lowest BCUT2D eigenvalue weighted by atomic mass is 10.1. The van der Waals surface area contributed by atoms with E-state index in [-0.39, 0.29) is 17.6 Å². The molecule has 6 nitrogen and oxygen atoms in total. The summed E-state index contributed by atoms with van der Waals surface area (Å²) in [6.07, 6.45) is 3.60. The van der Waals surface area contributed by atoms with Crippen LogP contribution in [0.4, 0.5) is 20.5 Å². The number of sulfone groups is 1. The Morgan fingerprint density at radius 2 is 1.56 bits per heavy atom. The van der Waals surface area contributed by atoms with Crippen LogP contribution in [0.3, 0.4) is 0 Å². The van der Waals surface area contributed by atoms with Crippen molar-refractivity contribution in [3.8, 4) is 0 Å². The molecule has 1 heterocycles. The first-order chi connectivity index (χ1) is 12.9. The molecule has 9 heteroatoms. The van der Waals surface area contributed by atoms with E-state index in [0.29, 0.717) is 12.1 Å². The van der Waals surface area contributed by atoms with Gasteiger partial charge in [0.15, 0.2) is 0 Å². The number of nitrogens with one attached hydrogen (secondary N) is 1. The lowest BCUT2D eigenvalue weighted by molar-refractivity contribution is 0.443. The van der Waals surface area contributed by atoms with Gasteiger partial charge in [-0.3, -0.25) is 0 Å². The van der Waals surface area contributed by atoms with E-state index in [2.05, 4.69) is 15.5 Å². The Morgan fingerprint density at radius 3 is 2.22 bits per heavy atom. The predicted octanol–water partition coefficient (Wildman–Crippen LogP) is 3.66. The molecule has 2 aromatic carbocycles. The van der Waals surface area contributed by atoms with Gasteiger partial charge in [-0.15, -0.1) is 0 Å². The van der Waals surface area contributed by atoms with Gasteiger partial charge < -0.3 is 9.73 Å². The molecule has 0 atom stereocenters. The van der Waals surface area contributed by atoms with Crippen molar-refractivity contribution in [1.29, 1.82) is 0 Å². The highest BCUT2D eigenvalue weighted by Crippen LogP contribution is 2.18. The molecule has 0 spiro atoms. The van der Waals surface area contributed by atoms with Gasteiger partial charge in [0.2, 0.25) is 9.84 Å². The molecule has 0 aliphatic rings. The molecule has 27 heavy (non-hydrogen) atoms. The summed E-state index contributed by atoms with van der Waals surface area (Å²) in [5.74, 6) is -1.04. The van der Waals surface area contributed by atoms with Gasteiger partial charge in [0.25, 0.3) is 0 Å². The van der Waals surface area contributed by atoms with Crippen LogP contribution >= 0.6 is 0 Å². The average Bonchev–Trinajstić information content (AvgIpc) is 3.12. The summed E-state index contributed by atoms with van der Waals surface area (Å²) < 4.78 is 55.3. The number of benzene rings is 2. The number of rotatable bonds is 7. The molecule has 140 valence electrons. The van der Waals surface area contributed by atoms with E-state index >= 15 is 0 Å². The Kier molecular flexibility index (Phi) is 5.60. The van der Waals surface area contributed by atoms with Crippen LogP contribution < -0.4 is 5.32 Å². The maximum absolute atomic E-state index is 12.9. The molecule has 3 aromatic rings. The Bertz CT molecular complexity index is 1030. The molecule has 0 unspecified atom stereocenters. The van der Waals surface area contributed by atoms with Crippen molar-refractivity contribution in [2.45, 2.75) is 11.6 Å². The largest absolute Gasteiger partial charge is 0.394 e. The Morgan fingerprint density at radius 1 is 0.926 bits per heavy atom. The fourth-order valence-electron chi connectivity index (χ4n) is 2.15. The second kappa shape index (κ2) is 8.09. The van der Waals surface area contributed by atoms with Crippen molar-refractivity contribution in [2.75, 3.05) is 11.1 Å². The van der Waals surface area contributed by atoms with Crippen molar-refractivity contribution in [3.05, 3.63) is 77.9 Å². The average molecular weight is 391 g/mol. The van der Waals surface area contributed by atoms with E-state index < -0.39 is 20.9 Å². The van der Waals surface area contributed by atoms with Gasteiger partial charge in [-0.1, -0.05) is 34.5 Å². The van der Waals surface area contributed by atoms with Crippen molar-refractivity contribution in [2.24, 2.45) is 0 Å². The van der Waals surface area contributed by atoms with Gasteiger partial charge in [-0.2, -0.15) is 0 Å². The summed E-state index contributed by atoms with van der Waals surface area (Å²) in [6.45, 7) is 0. The van der Waals surface area contributed by atoms with Crippen LogP contribution in [0.1, 0.15) is 5.56 Å². The number of halogens is 2. The summed E-state index contributed by atoms with van der Waals surface area (Å²) in [5, 5.41) is 9.34. The molecule has 1 N–H and O–H groups in total. The standard InChI is InChI=1S/C18H15F2N3O3S/c19-14-6-4-13(5-7-14)3-1-2-12-27(24,25)18-23-22-17(26-18)21-16-10-8-15(20)9-11-16/h1-2,4-11H,3,12H2,(H,21,22). The molecular formula is C18H15F2N3O3S. The van der Waals surface area contributed by atoms with Crippen LogP contribution in [0, 0.1) is 11.6 Å². The normalized spacial score (nSPS) is 11.8. The zero-order valence-corrected chi connectivity index (χ0v) is 14.8. The first-order valence-electron chi connectivity index (χ1n) is 7.91. The molecule has 3 rings (SSSR count). The monoisotopic (exact) mass is 391 g/mol. The van der Waals surface area contributed by atoms with Crippen LogP contribution in [0.5, 0.6) is 0 Å². The smallest absolute Gasteiger partial charge is 0.337 e. The molecule has 0 saturated heterocycles. The maximum atomic E-state index is 12.9. The zero-order valence-electron chi connectivity index (χ0n) is 14.0. The predicted molar refractivity (Wildman–Crippen MR) is 95.3 cm³/mol. The molecule has 0 radical (unpaired) electrons. The third kappa shape index (κ3) is 5.20. The summed E-state index contributed by atoms with van der Waals surface area (Å²) >= 11 is 0. The fourth-order valence-corrected chi connectivity index (χ4v) is 3.05. The second-order valence-corrected chi connectivity index (χ2v) is 7.50. The fraction of sp³-hybridized carbons (Fsp3) is 0.111. The Labute approximate surface area is 154 Å². The van der Waals surface area contributed by atoms with Crippen LogP contribution in [0.25, 0.3) is 0 Å². The molecule has 0 saturated carbocycles.